The molecule has 0 aliphatic rings. The van der Waals surface area contributed by atoms with Crippen molar-refractivity contribution in [3.05, 3.63) is 33.9 Å². The Hall–Kier alpha value is -1.62. The molecule has 3 N–H and O–H groups in total. The number of hydrogen-bond acceptors (Lipinski definition) is 4. The van der Waals surface area contributed by atoms with Gasteiger partial charge in [0, 0.05) is 12.6 Å². The minimum atomic E-state index is -0.478. The van der Waals surface area contributed by atoms with Gasteiger partial charge in [-0.1, -0.05) is 12.1 Å². The Labute approximate surface area is 75.7 Å². The van der Waals surface area contributed by atoms with Crippen molar-refractivity contribution in [1.82, 2.24) is 5.32 Å². The predicted octanol–water partition coefficient (Wildman–Crippen LogP) is 0.896. The van der Waals surface area contributed by atoms with E-state index in [1.807, 2.05) is 0 Å². The van der Waals surface area contributed by atoms with Crippen LogP contribution in [-0.2, 0) is 6.54 Å². The molecule has 5 nitrogen and oxygen atoms in total. The number of nitro groups is 1. The fourth-order valence-corrected chi connectivity index (χ4v) is 1.10. The fourth-order valence-electron chi connectivity index (χ4n) is 1.10. The zero-order chi connectivity index (χ0) is 9.84. The van der Waals surface area contributed by atoms with Crippen LogP contribution in [0, 0.1) is 10.1 Å². The van der Waals surface area contributed by atoms with Crippen LogP contribution in [0.2, 0.25) is 0 Å². The highest BCUT2D eigenvalue weighted by molar-refractivity contribution is 5.62. The average molecular weight is 181 g/mol. The third-order valence-electron chi connectivity index (χ3n) is 1.74. The Morgan fingerprint density at radius 2 is 2.31 bits per heavy atom. The lowest BCUT2D eigenvalue weighted by atomic mass is 10.1. The third kappa shape index (κ3) is 1.94. The molecule has 0 aromatic heterocycles. The molecule has 1 aromatic rings. The Bertz CT molecular complexity index is 325. The zero-order valence-electron chi connectivity index (χ0n) is 7.28. The van der Waals surface area contributed by atoms with Crippen LogP contribution in [0.25, 0.3) is 0 Å². The molecule has 0 bridgehead atoms. The molecule has 0 aliphatic carbocycles. The quantitative estimate of drug-likeness (QED) is 0.412. The van der Waals surface area contributed by atoms with Crippen LogP contribution in [0.4, 0.5) is 11.4 Å². The summed E-state index contributed by atoms with van der Waals surface area (Å²) < 4.78 is 0. The van der Waals surface area contributed by atoms with E-state index in [1.54, 1.807) is 19.2 Å². The molecule has 0 saturated heterocycles. The van der Waals surface area contributed by atoms with Crippen molar-refractivity contribution in [2.24, 2.45) is 0 Å². The molecule has 0 fully saturated rings. The van der Waals surface area contributed by atoms with Crippen LogP contribution < -0.4 is 11.1 Å². The van der Waals surface area contributed by atoms with Crippen molar-refractivity contribution in [1.29, 1.82) is 0 Å². The molecule has 0 heterocycles. The lowest BCUT2D eigenvalue weighted by Crippen LogP contribution is -2.08. The van der Waals surface area contributed by atoms with Crippen LogP contribution in [0.3, 0.4) is 0 Å². The SMILES string of the molecule is CNCc1cccc([N+](=O)[O-])c1N. The summed E-state index contributed by atoms with van der Waals surface area (Å²) in [7, 11) is 1.76. The fraction of sp³-hybridized carbons (Fsp3) is 0.250. The van der Waals surface area contributed by atoms with Crippen LogP contribution in [-0.4, -0.2) is 12.0 Å². The van der Waals surface area contributed by atoms with E-state index in [9.17, 15) is 10.1 Å². The number of nitrogen functional groups attached to an aromatic ring is 1. The molecule has 0 amide bonds. The first-order chi connectivity index (χ1) is 6.16. The van der Waals surface area contributed by atoms with Gasteiger partial charge in [-0.3, -0.25) is 10.1 Å². The van der Waals surface area contributed by atoms with E-state index >= 15 is 0 Å². The van der Waals surface area contributed by atoms with Crippen molar-refractivity contribution in [3.63, 3.8) is 0 Å². The van der Waals surface area contributed by atoms with E-state index in [-0.39, 0.29) is 11.4 Å². The van der Waals surface area contributed by atoms with Gasteiger partial charge in [-0.25, -0.2) is 0 Å². The van der Waals surface area contributed by atoms with Gasteiger partial charge in [0.2, 0.25) is 0 Å². The largest absolute Gasteiger partial charge is 0.393 e. The van der Waals surface area contributed by atoms with Crippen molar-refractivity contribution < 1.29 is 4.92 Å². The molecular formula is C8H11N3O2. The first-order valence-corrected chi connectivity index (χ1v) is 3.83. The topological polar surface area (TPSA) is 81.2 Å². The Morgan fingerprint density at radius 1 is 1.62 bits per heavy atom. The smallest absolute Gasteiger partial charge is 0.292 e. The number of nitro benzene ring substituents is 1. The van der Waals surface area contributed by atoms with Gasteiger partial charge < -0.3 is 11.1 Å². The van der Waals surface area contributed by atoms with Crippen molar-refractivity contribution in [2.45, 2.75) is 6.54 Å². The molecule has 0 unspecified atom stereocenters. The number of rotatable bonds is 3. The first-order valence-electron chi connectivity index (χ1n) is 3.83. The van der Waals surface area contributed by atoms with Crippen molar-refractivity contribution in [3.8, 4) is 0 Å². The van der Waals surface area contributed by atoms with E-state index in [0.717, 1.165) is 5.56 Å². The molecule has 0 saturated carbocycles. The molecule has 0 spiro atoms. The zero-order valence-corrected chi connectivity index (χ0v) is 7.28. The normalized spacial score (nSPS) is 9.92. The van der Waals surface area contributed by atoms with Crippen molar-refractivity contribution in [2.75, 3.05) is 12.8 Å². The standard InChI is InChI=1S/C8H11N3O2/c1-10-5-6-3-2-4-7(8(6)9)11(12)13/h2-4,10H,5,9H2,1H3. The highest BCUT2D eigenvalue weighted by Crippen LogP contribution is 2.24. The molecule has 13 heavy (non-hydrogen) atoms. The number of nitrogens with zero attached hydrogens (tertiary/aromatic N) is 1. The van der Waals surface area contributed by atoms with E-state index < -0.39 is 4.92 Å². The maximum absolute atomic E-state index is 10.5. The number of para-hydroxylation sites is 1. The monoisotopic (exact) mass is 181 g/mol. The molecule has 0 atom stereocenters. The highest BCUT2D eigenvalue weighted by Gasteiger charge is 2.12. The number of benzene rings is 1. The van der Waals surface area contributed by atoms with Gasteiger partial charge in [0.25, 0.3) is 5.69 Å². The highest BCUT2D eigenvalue weighted by atomic mass is 16.6. The number of anilines is 1. The summed E-state index contributed by atoms with van der Waals surface area (Å²) in [5, 5.41) is 13.4. The Balaban J connectivity index is 3.10. The third-order valence-corrected chi connectivity index (χ3v) is 1.74. The average Bonchev–Trinajstić information content (AvgIpc) is 2.08. The minimum absolute atomic E-state index is 0.0345. The molecule has 1 rings (SSSR count). The molecule has 0 aliphatic heterocycles. The van der Waals surface area contributed by atoms with Gasteiger partial charge >= 0.3 is 0 Å². The lowest BCUT2D eigenvalue weighted by molar-refractivity contribution is -0.383. The van der Waals surface area contributed by atoms with E-state index in [2.05, 4.69) is 5.32 Å². The van der Waals surface area contributed by atoms with Crippen LogP contribution in [0.5, 0.6) is 0 Å². The molecule has 0 radical (unpaired) electrons. The minimum Gasteiger partial charge on any atom is -0.393 e. The lowest BCUT2D eigenvalue weighted by Gasteiger charge is -2.04. The second-order valence-electron chi connectivity index (χ2n) is 2.64. The van der Waals surface area contributed by atoms with E-state index in [1.165, 1.54) is 6.07 Å². The van der Waals surface area contributed by atoms with Crippen LogP contribution in [0.1, 0.15) is 5.56 Å². The second-order valence-corrected chi connectivity index (χ2v) is 2.64. The van der Waals surface area contributed by atoms with Gasteiger partial charge in [-0.15, -0.1) is 0 Å². The summed E-state index contributed by atoms with van der Waals surface area (Å²) in [6.07, 6.45) is 0. The molecule has 5 heteroatoms. The summed E-state index contributed by atoms with van der Waals surface area (Å²) in [5.74, 6) is 0. The van der Waals surface area contributed by atoms with Gasteiger partial charge in [0.15, 0.2) is 0 Å². The summed E-state index contributed by atoms with van der Waals surface area (Å²) >= 11 is 0. The summed E-state index contributed by atoms with van der Waals surface area (Å²) in [6, 6.07) is 4.79. The van der Waals surface area contributed by atoms with E-state index in [0.29, 0.717) is 6.54 Å². The molecule has 70 valence electrons. The van der Waals surface area contributed by atoms with Crippen molar-refractivity contribution >= 4 is 11.4 Å². The Morgan fingerprint density at radius 3 is 2.85 bits per heavy atom. The number of hydrogen-bond donors (Lipinski definition) is 2. The number of nitrogens with two attached hydrogens (primary N) is 1. The number of nitrogens with one attached hydrogen (secondary N) is 1. The summed E-state index contributed by atoms with van der Waals surface area (Å²) in [5.41, 5.74) is 6.54. The van der Waals surface area contributed by atoms with E-state index in [4.69, 9.17) is 5.73 Å². The predicted molar refractivity (Wildman–Crippen MR) is 50.3 cm³/mol. The summed E-state index contributed by atoms with van der Waals surface area (Å²) in [4.78, 5) is 10.0. The first kappa shape index (κ1) is 9.47. The second kappa shape index (κ2) is 3.86. The van der Waals surface area contributed by atoms with Gasteiger partial charge in [0.05, 0.1) is 4.92 Å². The van der Waals surface area contributed by atoms with Gasteiger partial charge in [-0.05, 0) is 12.6 Å². The maximum Gasteiger partial charge on any atom is 0.292 e. The summed E-state index contributed by atoms with van der Waals surface area (Å²) in [6.45, 7) is 0.535. The molecular weight excluding hydrogens is 170 g/mol. The van der Waals surface area contributed by atoms with Gasteiger partial charge in [0.1, 0.15) is 5.69 Å². The van der Waals surface area contributed by atoms with Crippen LogP contribution >= 0.6 is 0 Å². The van der Waals surface area contributed by atoms with Gasteiger partial charge in [-0.2, -0.15) is 0 Å². The van der Waals surface area contributed by atoms with Crippen LogP contribution in [0.15, 0.2) is 18.2 Å². The Kier molecular flexibility index (Phi) is 2.81. The maximum atomic E-state index is 10.5. The molecule has 1 aromatic carbocycles.